The van der Waals surface area contributed by atoms with E-state index in [0.29, 0.717) is 29.6 Å². The molecule has 6 rings (SSSR count). The first-order valence-electron chi connectivity index (χ1n) is 10.6. The molecule has 4 saturated carbocycles. The first kappa shape index (κ1) is 18.8. The number of hydrogen-bond donors (Lipinski definition) is 3. The van der Waals surface area contributed by atoms with E-state index < -0.39 is 18.2 Å². The molecule has 3 N–H and O–H groups in total. The molecule has 4 aliphatic rings. The van der Waals surface area contributed by atoms with E-state index in [1.807, 2.05) is 24.3 Å². The Morgan fingerprint density at radius 3 is 2.07 bits per heavy atom. The zero-order chi connectivity index (χ0) is 20.2. The molecular formula is C24H27NO4. The fraction of sp³-hybridized carbons (Fsp3) is 0.500. The molecule has 0 aromatic heterocycles. The Kier molecular flexibility index (Phi) is 4.48. The Morgan fingerprint density at radius 1 is 1.00 bits per heavy atom. The number of hydrogen-bond acceptors (Lipinski definition) is 4. The molecule has 0 spiro atoms. The highest BCUT2D eigenvalue weighted by molar-refractivity contribution is 6.05. The SMILES string of the molecule is O=Cc1cc2ccccc2cc1C(=O)N[C@H](C(O)O)C12CC3CC(CC(C3)C1)C2. The third kappa shape index (κ3) is 3.17. The summed E-state index contributed by atoms with van der Waals surface area (Å²) in [5.41, 5.74) is 0.350. The Balaban J connectivity index is 1.47. The molecule has 2 aromatic rings. The second-order valence-corrected chi connectivity index (χ2v) is 9.55. The highest BCUT2D eigenvalue weighted by atomic mass is 16.5. The largest absolute Gasteiger partial charge is 0.366 e. The Morgan fingerprint density at radius 2 is 1.55 bits per heavy atom. The molecule has 1 amide bonds. The predicted molar refractivity (Wildman–Crippen MR) is 109 cm³/mol. The molecule has 0 saturated heterocycles. The van der Waals surface area contributed by atoms with Crippen LogP contribution in [-0.4, -0.2) is 34.7 Å². The Bertz CT molecular complexity index is 931. The van der Waals surface area contributed by atoms with E-state index in [2.05, 4.69) is 5.32 Å². The van der Waals surface area contributed by atoms with Crippen molar-refractivity contribution in [2.45, 2.75) is 50.9 Å². The van der Waals surface area contributed by atoms with Crippen molar-refractivity contribution in [3.8, 4) is 0 Å². The first-order chi connectivity index (χ1) is 14.0. The van der Waals surface area contributed by atoms with Gasteiger partial charge >= 0.3 is 0 Å². The molecule has 5 nitrogen and oxygen atoms in total. The van der Waals surface area contributed by atoms with Crippen LogP contribution in [0.1, 0.15) is 59.2 Å². The molecular weight excluding hydrogens is 366 g/mol. The highest BCUT2D eigenvalue weighted by Crippen LogP contribution is 2.61. The van der Waals surface area contributed by atoms with Gasteiger partial charge in [0.1, 0.15) is 0 Å². The standard InChI is InChI=1S/C24H27NO4/c26-13-19-8-17-3-1-2-4-18(17)9-20(19)22(27)25-21(23(28)29)24-10-14-5-15(11-24)7-16(6-14)12-24/h1-4,8-9,13-16,21,23,28-29H,5-7,10-12H2,(H,25,27)/t14?,15?,16?,21-,24?/m1/s1. The van der Waals surface area contributed by atoms with E-state index in [0.717, 1.165) is 30.0 Å². The number of aliphatic hydroxyl groups is 2. The second-order valence-electron chi connectivity index (χ2n) is 9.55. The maximum Gasteiger partial charge on any atom is 0.252 e. The summed E-state index contributed by atoms with van der Waals surface area (Å²) in [4.78, 5) is 24.8. The lowest BCUT2D eigenvalue weighted by atomic mass is 9.47. The second kappa shape index (κ2) is 6.92. The van der Waals surface area contributed by atoms with Gasteiger partial charge in [-0.2, -0.15) is 0 Å². The van der Waals surface area contributed by atoms with E-state index in [4.69, 9.17) is 0 Å². The number of nitrogens with one attached hydrogen (secondary N) is 1. The number of carbonyl (C=O) groups excluding carboxylic acids is 2. The van der Waals surface area contributed by atoms with Crippen LogP contribution in [0.15, 0.2) is 36.4 Å². The van der Waals surface area contributed by atoms with Crippen LogP contribution in [0.4, 0.5) is 0 Å². The van der Waals surface area contributed by atoms with Crippen molar-refractivity contribution in [2.24, 2.45) is 23.2 Å². The number of rotatable bonds is 5. The van der Waals surface area contributed by atoms with Gasteiger partial charge in [-0.15, -0.1) is 0 Å². The van der Waals surface area contributed by atoms with Crippen LogP contribution < -0.4 is 5.32 Å². The fourth-order valence-electron chi connectivity index (χ4n) is 6.87. The topological polar surface area (TPSA) is 86.6 Å². The van der Waals surface area contributed by atoms with Crippen molar-refractivity contribution in [3.63, 3.8) is 0 Å². The number of amides is 1. The third-order valence-corrected chi connectivity index (χ3v) is 7.62. The molecule has 0 radical (unpaired) electrons. The smallest absolute Gasteiger partial charge is 0.252 e. The van der Waals surface area contributed by atoms with Gasteiger partial charge in [0, 0.05) is 5.56 Å². The van der Waals surface area contributed by atoms with Crippen molar-refractivity contribution in [1.82, 2.24) is 5.32 Å². The average Bonchev–Trinajstić information content (AvgIpc) is 2.69. The summed E-state index contributed by atoms with van der Waals surface area (Å²) in [6.07, 6.45) is 5.62. The van der Waals surface area contributed by atoms with Crippen LogP contribution in [0.5, 0.6) is 0 Å². The van der Waals surface area contributed by atoms with Gasteiger partial charge < -0.3 is 15.5 Å². The van der Waals surface area contributed by atoms with Crippen molar-refractivity contribution in [3.05, 3.63) is 47.5 Å². The van der Waals surface area contributed by atoms with Crippen molar-refractivity contribution in [1.29, 1.82) is 0 Å². The zero-order valence-corrected chi connectivity index (χ0v) is 16.4. The van der Waals surface area contributed by atoms with Crippen LogP contribution in [0.2, 0.25) is 0 Å². The summed E-state index contributed by atoms with van der Waals surface area (Å²) in [5.74, 6) is 1.48. The average molecular weight is 393 g/mol. The minimum atomic E-state index is -1.62. The quantitative estimate of drug-likeness (QED) is 0.537. The minimum Gasteiger partial charge on any atom is -0.366 e. The van der Waals surface area contributed by atoms with Gasteiger partial charge in [0.15, 0.2) is 12.6 Å². The molecule has 4 bridgehead atoms. The lowest BCUT2D eigenvalue weighted by Crippen LogP contribution is -2.61. The minimum absolute atomic E-state index is 0.253. The van der Waals surface area contributed by atoms with Crippen LogP contribution in [0, 0.1) is 23.2 Å². The molecule has 0 unspecified atom stereocenters. The number of fused-ring (bicyclic) bond motifs is 1. The van der Waals surface area contributed by atoms with Gasteiger partial charge in [0.05, 0.1) is 11.6 Å². The van der Waals surface area contributed by atoms with Gasteiger partial charge in [0.2, 0.25) is 0 Å². The number of aliphatic hydroxyl groups excluding tert-OH is 1. The number of benzene rings is 2. The molecule has 5 heteroatoms. The summed E-state index contributed by atoms with van der Waals surface area (Å²) < 4.78 is 0. The monoisotopic (exact) mass is 393 g/mol. The molecule has 2 aromatic carbocycles. The van der Waals surface area contributed by atoms with Crippen molar-refractivity contribution < 1.29 is 19.8 Å². The first-order valence-corrected chi connectivity index (χ1v) is 10.6. The molecule has 4 fully saturated rings. The van der Waals surface area contributed by atoms with Crippen LogP contribution in [0.3, 0.4) is 0 Å². The maximum atomic E-state index is 13.2. The molecule has 29 heavy (non-hydrogen) atoms. The summed E-state index contributed by atoms with van der Waals surface area (Å²) in [6, 6.07) is 10.3. The summed E-state index contributed by atoms with van der Waals surface area (Å²) in [7, 11) is 0. The van der Waals surface area contributed by atoms with E-state index in [-0.39, 0.29) is 11.0 Å². The highest BCUT2D eigenvalue weighted by Gasteiger charge is 2.56. The normalized spacial score (nSPS) is 31.2. The van der Waals surface area contributed by atoms with E-state index in [1.54, 1.807) is 12.1 Å². The van der Waals surface area contributed by atoms with Gasteiger partial charge in [-0.05, 0) is 84.6 Å². The molecule has 4 aliphatic carbocycles. The number of aldehydes is 1. The van der Waals surface area contributed by atoms with Gasteiger partial charge in [-0.25, -0.2) is 0 Å². The van der Waals surface area contributed by atoms with Gasteiger partial charge in [-0.3, -0.25) is 9.59 Å². The summed E-state index contributed by atoms with van der Waals surface area (Å²) >= 11 is 0. The molecule has 1 atom stereocenters. The molecule has 0 heterocycles. The van der Waals surface area contributed by atoms with Gasteiger partial charge in [-0.1, -0.05) is 24.3 Å². The van der Waals surface area contributed by atoms with Crippen molar-refractivity contribution in [2.75, 3.05) is 0 Å². The molecule has 152 valence electrons. The summed E-state index contributed by atoms with van der Waals surface area (Å²) in [6.45, 7) is 0. The van der Waals surface area contributed by atoms with Crippen LogP contribution in [0.25, 0.3) is 10.8 Å². The maximum absolute atomic E-state index is 13.2. The van der Waals surface area contributed by atoms with Gasteiger partial charge in [0.25, 0.3) is 5.91 Å². The van der Waals surface area contributed by atoms with Crippen LogP contribution >= 0.6 is 0 Å². The lowest BCUT2D eigenvalue weighted by Gasteiger charge is -2.59. The van der Waals surface area contributed by atoms with Crippen LogP contribution in [-0.2, 0) is 0 Å². The zero-order valence-electron chi connectivity index (χ0n) is 16.4. The van der Waals surface area contributed by atoms with E-state index in [1.165, 1.54) is 19.3 Å². The lowest BCUT2D eigenvalue weighted by molar-refractivity contribution is -0.149. The van der Waals surface area contributed by atoms with E-state index >= 15 is 0 Å². The predicted octanol–water partition coefficient (Wildman–Crippen LogP) is 3.28. The summed E-state index contributed by atoms with van der Waals surface area (Å²) in [5, 5.41) is 25.2. The third-order valence-electron chi connectivity index (χ3n) is 7.62. The van der Waals surface area contributed by atoms with E-state index in [9.17, 15) is 19.8 Å². The Hall–Kier alpha value is -2.24. The Labute approximate surface area is 170 Å². The molecule has 0 aliphatic heterocycles. The number of carbonyl (C=O) groups is 2. The fourth-order valence-corrected chi connectivity index (χ4v) is 6.87. The van der Waals surface area contributed by atoms with Crippen molar-refractivity contribution >= 4 is 23.0 Å².